The van der Waals surface area contributed by atoms with Gasteiger partial charge in [-0.2, -0.15) is 0 Å². The molecule has 0 bridgehead atoms. The van der Waals surface area contributed by atoms with E-state index < -0.39 is 16.1 Å². The smallest absolute Gasteiger partial charge is 0.242 e. The number of sulfonamides is 1. The number of carbonyl (C=O) groups excluding carboxylic acids is 2. The van der Waals surface area contributed by atoms with Gasteiger partial charge in [-0.1, -0.05) is 49.7 Å². The molecule has 0 saturated heterocycles. The molecule has 2 aromatic rings. The van der Waals surface area contributed by atoms with Crippen molar-refractivity contribution in [1.29, 1.82) is 0 Å². The van der Waals surface area contributed by atoms with Gasteiger partial charge in [0, 0.05) is 30.6 Å². The van der Waals surface area contributed by atoms with Crippen molar-refractivity contribution in [2.45, 2.75) is 72.0 Å². The molecule has 0 aliphatic carbocycles. The minimum atomic E-state index is -3.52. The van der Waals surface area contributed by atoms with E-state index in [9.17, 15) is 18.0 Å². The molecular formula is C27H38ClN3O4S. The van der Waals surface area contributed by atoms with Crippen LogP contribution in [0.4, 0.5) is 5.69 Å². The van der Waals surface area contributed by atoms with Crippen molar-refractivity contribution in [2.75, 3.05) is 17.1 Å². The summed E-state index contributed by atoms with van der Waals surface area (Å²) >= 11 is 6.00. The minimum Gasteiger partial charge on any atom is -0.352 e. The fourth-order valence-corrected chi connectivity index (χ4v) is 4.83. The van der Waals surface area contributed by atoms with E-state index in [2.05, 4.69) is 5.32 Å². The number of nitrogens with one attached hydrogen (secondary N) is 1. The Hall–Kier alpha value is -2.58. The van der Waals surface area contributed by atoms with Gasteiger partial charge in [0.15, 0.2) is 0 Å². The summed E-state index contributed by atoms with van der Waals surface area (Å²) in [4.78, 5) is 27.7. The summed E-state index contributed by atoms with van der Waals surface area (Å²) in [6.07, 6.45) is 3.23. The number of hydrogen-bond acceptors (Lipinski definition) is 4. The average Bonchev–Trinajstić information content (AvgIpc) is 2.85. The van der Waals surface area contributed by atoms with E-state index in [-0.39, 0.29) is 37.4 Å². The van der Waals surface area contributed by atoms with E-state index in [1.165, 1.54) is 4.31 Å². The summed E-state index contributed by atoms with van der Waals surface area (Å²) in [6, 6.07) is 13.8. The van der Waals surface area contributed by atoms with Crippen molar-refractivity contribution in [3.8, 4) is 0 Å². The van der Waals surface area contributed by atoms with E-state index in [4.69, 9.17) is 11.6 Å². The van der Waals surface area contributed by atoms with E-state index in [0.29, 0.717) is 17.1 Å². The van der Waals surface area contributed by atoms with Gasteiger partial charge < -0.3 is 10.2 Å². The normalized spacial score (nSPS) is 13.1. The van der Waals surface area contributed by atoms with E-state index >= 15 is 0 Å². The first-order chi connectivity index (χ1) is 17.0. The maximum absolute atomic E-state index is 13.3. The van der Waals surface area contributed by atoms with E-state index in [1.54, 1.807) is 36.1 Å². The maximum atomic E-state index is 13.3. The Balaban J connectivity index is 2.16. The van der Waals surface area contributed by atoms with Gasteiger partial charge in [-0.25, -0.2) is 8.42 Å². The molecule has 0 spiro atoms. The van der Waals surface area contributed by atoms with Crippen LogP contribution < -0.4 is 9.62 Å². The predicted molar refractivity (Wildman–Crippen MR) is 147 cm³/mol. The summed E-state index contributed by atoms with van der Waals surface area (Å²) in [5, 5.41) is 3.53. The molecule has 36 heavy (non-hydrogen) atoms. The summed E-state index contributed by atoms with van der Waals surface area (Å²) in [7, 11) is -3.52. The Morgan fingerprint density at radius 2 is 1.56 bits per heavy atom. The quantitative estimate of drug-likeness (QED) is 0.400. The number of benzene rings is 2. The van der Waals surface area contributed by atoms with Crippen LogP contribution in [0.1, 0.15) is 58.1 Å². The van der Waals surface area contributed by atoms with Crippen LogP contribution in [0.5, 0.6) is 0 Å². The van der Waals surface area contributed by atoms with Crippen molar-refractivity contribution in [3.63, 3.8) is 0 Å². The lowest BCUT2D eigenvalue weighted by Gasteiger charge is -2.30. The molecule has 0 fully saturated rings. The number of anilines is 1. The number of hydrogen-bond donors (Lipinski definition) is 1. The molecule has 0 heterocycles. The Bertz CT molecular complexity index is 1100. The summed E-state index contributed by atoms with van der Waals surface area (Å²) in [5.74, 6) is -0.438. The second-order valence-electron chi connectivity index (χ2n) is 9.10. The molecule has 2 atom stereocenters. The summed E-state index contributed by atoms with van der Waals surface area (Å²) in [6.45, 7) is 8.06. The summed E-state index contributed by atoms with van der Waals surface area (Å²) < 4.78 is 26.2. The second kappa shape index (κ2) is 13.7. The fourth-order valence-electron chi connectivity index (χ4n) is 3.74. The molecule has 0 saturated carbocycles. The van der Waals surface area contributed by atoms with Gasteiger partial charge in [0.05, 0.1) is 11.9 Å². The predicted octanol–water partition coefficient (Wildman–Crippen LogP) is 4.78. The standard InChI is InChI=1S/C27H38ClN3O4S/c1-6-20(3)29-27(33)21(4)30(19-23-10-14-24(28)15-11-23)26(32)9-8-18-31(36(5,34)35)25-16-12-22(7-2)13-17-25/h10-17,20-21H,6-9,18-19H2,1-5H3,(H,29,33)/t20-,21-/m1/s1. The number of carbonyl (C=O) groups is 2. The number of halogens is 1. The Kier molecular flexibility index (Phi) is 11.2. The first-order valence-electron chi connectivity index (χ1n) is 12.4. The van der Waals surface area contributed by atoms with Gasteiger partial charge in [-0.3, -0.25) is 13.9 Å². The van der Waals surface area contributed by atoms with Crippen LogP contribution in [0, 0.1) is 0 Å². The average molecular weight is 536 g/mol. The second-order valence-corrected chi connectivity index (χ2v) is 11.4. The van der Waals surface area contributed by atoms with Crippen molar-refractivity contribution < 1.29 is 18.0 Å². The minimum absolute atomic E-state index is 0.00477. The van der Waals surface area contributed by atoms with E-state index in [1.807, 2.05) is 45.0 Å². The number of nitrogens with zero attached hydrogens (tertiary/aromatic N) is 2. The molecule has 198 valence electrons. The third-order valence-corrected chi connectivity index (χ3v) is 7.67. The van der Waals surface area contributed by atoms with Crippen LogP contribution in [-0.2, 0) is 32.6 Å². The van der Waals surface area contributed by atoms with Gasteiger partial charge in [-0.05, 0) is 68.5 Å². The molecule has 0 unspecified atom stereocenters. The monoisotopic (exact) mass is 535 g/mol. The molecule has 9 heteroatoms. The van der Waals surface area contributed by atoms with Crippen molar-refractivity contribution in [2.24, 2.45) is 0 Å². The third kappa shape index (κ3) is 8.82. The molecule has 0 aliphatic heterocycles. The Labute approximate surface area is 220 Å². The third-order valence-electron chi connectivity index (χ3n) is 6.22. The lowest BCUT2D eigenvalue weighted by atomic mass is 10.1. The molecule has 0 radical (unpaired) electrons. The van der Waals surface area contributed by atoms with Gasteiger partial charge >= 0.3 is 0 Å². The van der Waals surface area contributed by atoms with Crippen LogP contribution in [0.15, 0.2) is 48.5 Å². The zero-order chi connectivity index (χ0) is 26.9. The Morgan fingerprint density at radius 3 is 2.08 bits per heavy atom. The topological polar surface area (TPSA) is 86.8 Å². The van der Waals surface area contributed by atoms with Gasteiger partial charge in [0.1, 0.15) is 6.04 Å². The number of amides is 2. The van der Waals surface area contributed by atoms with Gasteiger partial charge in [-0.15, -0.1) is 0 Å². The molecular weight excluding hydrogens is 498 g/mol. The van der Waals surface area contributed by atoms with Crippen LogP contribution in [0.2, 0.25) is 5.02 Å². The highest BCUT2D eigenvalue weighted by molar-refractivity contribution is 7.92. The van der Waals surface area contributed by atoms with Crippen LogP contribution in [-0.4, -0.2) is 50.0 Å². The SMILES string of the molecule is CCc1ccc(N(CCCC(=O)N(Cc2ccc(Cl)cc2)[C@H](C)C(=O)N[C@H](C)CC)S(C)(=O)=O)cc1. The molecule has 0 aliphatic rings. The van der Waals surface area contributed by atoms with E-state index in [0.717, 1.165) is 30.2 Å². The lowest BCUT2D eigenvalue weighted by molar-refractivity contribution is -0.140. The molecule has 1 N–H and O–H groups in total. The van der Waals surface area contributed by atoms with Crippen molar-refractivity contribution in [1.82, 2.24) is 10.2 Å². The number of rotatable bonds is 13. The summed E-state index contributed by atoms with van der Waals surface area (Å²) in [5.41, 5.74) is 2.54. The Morgan fingerprint density at radius 1 is 0.972 bits per heavy atom. The van der Waals surface area contributed by atoms with Crippen LogP contribution >= 0.6 is 11.6 Å². The molecule has 2 amide bonds. The first-order valence-corrected chi connectivity index (χ1v) is 14.6. The van der Waals surface area contributed by atoms with Crippen LogP contribution in [0.25, 0.3) is 0 Å². The van der Waals surface area contributed by atoms with Crippen molar-refractivity contribution >= 4 is 39.1 Å². The number of aryl methyl sites for hydroxylation is 1. The molecule has 7 nitrogen and oxygen atoms in total. The first kappa shape index (κ1) is 29.6. The zero-order valence-electron chi connectivity index (χ0n) is 21.8. The van der Waals surface area contributed by atoms with Crippen LogP contribution in [0.3, 0.4) is 0 Å². The fraction of sp³-hybridized carbons (Fsp3) is 0.481. The highest BCUT2D eigenvalue weighted by Gasteiger charge is 2.27. The highest BCUT2D eigenvalue weighted by Crippen LogP contribution is 2.20. The largest absolute Gasteiger partial charge is 0.352 e. The highest BCUT2D eigenvalue weighted by atomic mass is 35.5. The lowest BCUT2D eigenvalue weighted by Crippen LogP contribution is -2.49. The van der Waals surface area contributed by atoms with Crippen molar-refractivity contribution in [3.05, 3.63) is 64.7 Å². The molecule has 0 aromatic heterocycles. The molecule has 2 rings (SSSR count). The van der Waals surface area contributed by atoms with Gasteiger partial charge in [0.25, 0.3) is 0 Å². The molecule has 2 aromatic carbocycles. The maximum Gasteiger partial charge on any atom is 0.242 e. The van der Waals surface area contributed by atoms with Gasteiger partial charge in [0.2, 0.25) is 21.8 Å². The zero-order valence-corrected chi connectivity index (χ0v) is 23.4.